The fraction of sp³-hybridized carbons (Fsp3) is 0.667. The van der Waals surface area contributed by atoms with Crippen LogP contribution in [0.2, 0.25) is 0 Å². The maximum Gasteiger partial charge on any atom is 0.325 e. The Hall–Kier alpha value is -1.92. The SMILES string of the molecule is CC(NC(=O)CCCc1nc(C2CC2)no1)C(=O)O. The van der Waals surface area contributed by atoms with Crippen LogP contribution in [0.3, 0.4) is 0 Å². The maximum absolute atomic E-state index is 11.4. The molecule has 7 nitrogen and oxygen atoms in total. The normalized spacial score (nSPS) is 16.1. The van der Waals surface area contributed by atoms with Gasteiger partial charge in [0, 0.05) is 18.8 Å². The van der Waals surface area contributed by atoms with Crippen LogP contribution >= 0.6 is 0 Å². The van der Waals surface area contributed by atoms with Gasteiger partial charge >= 0.3 is 5.97 Å². The molecule has 0 spiro atoms. The smallest absolute Gasteiger partial charge is 0.325 e. The van der Waals surface area contributed by atoms with E-state index in [1.165, 1.54) is 6.92 Å². The quantitative estimate of drug-likeness (QED) is 0.759. The summed E-state index contributed by atoms with van der Waals surface area (Å²) >= 11 is 0. The van der Waals surface area contributed by atoms with Crippen molar-refractivity contribution in [3.05, 3.63) is 11.7 Å². The molecule has 0 saturated heterocycles. The minimum absolute atomic E-state index is 0.249. The molecule has 2 rings (SSSR count). The van der Waals surface area contributed by atoms with Crippen LogP contribution in [0.15, 0.2) is 4.52 Å². The Labute approximate surface area is 110 Å². The van der Waals surface area contributed by atoms with E-state index in [-0.39, 0.29) is 12.3 Å². The van der Waals surface area contributed by atoms with Crippen LogP contribution in [0.5, 0.6) is 0 Å². The van der Waals surface area contributed by atoms with Crippen molar-refractivity contribution in [2.75, 3.05) is 0 Å². The van der Waals surface area contributed by atoms with Crippen LogP contribution in [0.1, 0.15) is 50.2 Å². The van der Waals surface area contributed by atoms with Gasteiger partial charge in [-0.05, 0) is 26.2 Å². The summed E-state index contributed by atoms with van der Waals surface area (Å²) in [6.07, 6.45) is 3.58. The first kappa shape index (κ1) is 13.5. The van der Waals surface area contributed by atoms with Crippen LogP contribution < -0.4 is 5.32 Å². The lowest BCUT2D eigenvalue weighted by atomic mass is 10.2. The lowest BCUT2D eigenvalue weighted by Gasteiger charge is -2.08. The van der Waals surface area contributed by atoms with Crippen molar-refractivity contribution >= 4 is 11.9 Å². The molecular formula is C12H17N3O4. The van der Waals surface area contributed by atoms with Gasteiger partial charge in [0.25, 0.3) is 0 Å². The number of carboxylic acid groups (broad SMARTS) is 1. The minimum Gasteiger partial charge on any atom is -0.480 e. The molecule has 1 aromatic rings. The van der Waals surface area contributed by atoms with Gasteiger partial charge in [-0.2, -0.15) is 4.98 Å². The molecule has 2 N–H and O–H groups in total. The predicted molar refractivity (Wildman–Crippen MR) is 64.5 cm³/mol. The van der Waals surface area contributed by atoms with E-state index in [9.17, 15) is 9.59 Å². The van der Waals surface area contributed by atoms with Gasteiger partial charge in [0.1, 0.15) is 6.04 Å². The van der Waals surface area contributed by atoms with Gasteiger partial charge in [-0.15, -0.1) is 0 Å². The highest BCUT2D eigenvalue weighted by molar-refractivity contribution is 5.83. The molecule has 1 aliphatic carbocycles. The molecule has 1 aliphatic rings. The zero-order chi connectivity index (χ0) is 13.8. The van der Waals surface area contributed by atoms with Gasteiger partial charge in [-0.25, -0.2) is 0 Å². The number of amides is 1. The molecule has 1 saturated carbocycles. The van der Waals surface area contributed by atoms with E-state index in [4.69, 9.17) is 9.63 Å². The molecule has 1 amide bonds. The minimum atomic E-state index is -1.04. The fourth-order valence-electron chi connectivity index (χ4n) is 1.65. The topological polar surface area (TPSA) is 105 Å². The third-order valence-electron chi connectivity index (χ3n) is 2.97. The number of aliphatic carboxylic acids is 1. The zero-order valence-electron chi connectivity index (χ0n) is 10.8. The predicted octanol–water partition coefficient (Wildman–Crippen LogP) is 0.859. The summed E-state index contributed by atoms with van der Waals surface area (Å²) in [6.45, 7) is 1.43. The molecule has 1 heterocycles. The molecule has 0 radical (unpaired) electrons. The number of aryl methyl sites for hydroxylation is 1. The molecule has 1 unspecified atom stereocenters. The van der Waals surface area contributed by atoms with Crippen molar-refractivity contribution in [1.29, 1.82) is 0 Å². The summed E-state index contributed by atoms with van der Waals surface area (Å²) in [7, 11) is 0. The van der Waals surface area contributed by atoms with E-state index in [0.29, 0.717) is 24.7 Å². The van der Waals surface area contributed by atoms with E-state index >= 15 is 0 Å². The summed E-state index contributed by atoms with van der Waals surface area (Å²) in [4.78, 5) is 26.2. The van der Waals surface area contributed by atoms with Crippen LogP contribution in [0.25, 0.3) is 0 Å². The summed E-state index contributed by atoms with van der Waals surface area (Å²) < 4.78 is 5.08. The lowest BCUT2D eigenvalue weighted by molar-refractivity contribution is -0.141. The molecule has 104 valence electrons. The fourth-order valence-corrected chi connectivity index (χ4v) is 1.65. The van der Waals surface area contributed by atoms with E-state index in [0.717, 1.165) is 18.7 Å². The van der Waals surface area contributed by atoms with Gasteiger partial charge in [0.15, 0.2) is 5.82 Å². The summed E-state index contributed by atoms with van der Waals surface area (Å²) in [5.41, 5.74) is 0. The number of carboxylic acids is 1. The molecular weight excluding hydrogens is 250 g/mol. The van der Waals surface area contributed by atoms with Crippen molar-refractivity contribution in [3.63, 3.8) is 0 Å². The Balaban J connectivity index is 1.67. The van der Waals surface area contributed by atoms with Crippen molar-refractivity contribution in [2.24, 2.45) is 0 Å². The first-order valence-electron chi connectivity index (χ1n) is 6.41. The van der Waals surface area contributed by atoms with Gasteiger partial charge in [0.05, 0.1) is 0 Å². The number of nitrogens with one attached hydrogen (secondary N) is 1. The van der Waals surface area contributed by atoms with Crippen molar-refractivity contribution < 1.29 is 19.2 Å². The Morgan fingerprint density at radius 2 is 2.26 bits per heavy atom. The third-order valence-corrected chi connectivity index (χ3v) is 2.97. The van der Waals surface area contributed by atoms with E-state index < -0.39 is 12.0 Å². The highest BCUT2D eigenvalue weighted by atomic mass is 16.5. The second-order valence-corrected chi connectivity index (χ2v) is 4.80. The van der Waals surface area contributed by atoms with E-state index in [1.54, 1.807) is 0 Å². The second kappa shape index (κ2) is 5.81. The largest absolute Gasteiger partial charge is 0.480 e. The standard InChI is InChI=1S/C12H17N3O4/c1-7(12(17)18)13-9(16)3-2-4-10-14-11(15-19-10)8-5-6-8/h7-8H,2-6H2,1H3,(H,13,16)(H,17,18). The molecule has 0 aromatic carbocycles. The van der Waals surface area contributed by atoms with E-state index in [1.807, 2.05) is 0 Å². The highest BCUT2D eigenvalue weighted by Crippen LogP contribution is 2.38. The Morgan fingerprint density at radius 1 is 1.53 bits per heavy atom. The van der Waals surface area contributed by atoms with Gasteiger partial charge in [-0.3, -0.25) is 9.59 Å². The zero-order valence-corrected chi connectivity index (χ0v) is 10.8. The Morgan fingerprint density at radius 3 is 2.89 bits per heavy atom. The molecule has 1 aromatic heterocycles. The number of carbonyl (C=O) groups is 2. The first-order valence-corrected chi connectivity index (χ1v) is 6.41. The van der Waals surface area contributed by atoms with Crippen LogP contribution in [-0.2, 0) is 16.0 Å². The average molecular weight is 267 g/mol. The monoisotopic (exact) mass is 267 g/mol. The highest BCUT2D eigenvalue weighted by Gasteiger charge is 2.28. The van der Waals surface area contributed by atoms with Crippen LogP contribution in [0, 0.1) is 0 Å². The Bertz CT molecular complexity index is 467. The molecule has 7 heteroatoms. The van der Waals surface area contributed by atoms with Crippen molar-refractivity contribution in [1.82, 2.24) is 15.5 Å². The number of hydrogen-bond acceptors (Lipinski definition) is 5. The lowest BCUT2D eigenvalue weighted by Crippen LogP contribution is -2.38. The third kappa shape index (κ3) is 4.04. The summed E-state index contributed by atoms with van der Waals surface area (Å²) in [5, 5.41) is 14.9. The maximum atomic E-state index is 11.4. The first-order chi connectivity index (χ1) is 9.06. The van der Waals surface area contributed by atoms with Crippen molar-refractivity contribution in [2.45, 2.75) is 51.0 Å². The Kier molecular flexibility index (Phi) is 4.13. The summed E-state index contributed by atoms with van der Waals surface area (Å²) in [6, 6.07) is -0.864. The average Bonchev–Trinajstić information content (AvgIpc) is 3.10. The van der Waals surface area contributed by atoms with Crippen LogP contribution in [-0.4, -0.2) is 33.2 Å². The number of nitrogens with zero attached hydrogens (tertiary/aromatic N) is 2. The number of carbonyl (C=O) groups excluding carboxylic acids is 1. The molecule has 0 bridgehead atoms. The molecule has 1 fully saturated rings. The number of hydrogen-bond donors (Lipinski definition) is 2. The summed E-state index contributed by atoms with van der Waals surface area (Å²) in [5.74, 6) is 0.438. The van der Waals surface area contributed by atoms with Crippen LogP contribution in [0.4, 0.5) is 0 Å². The molecule has 19 heavy (non-hydrogen) atoms. The number of aromatic nitrogens is 2. The number of rotatable bonds is 7. The van der Waals surface area contributed by atoms with Gasteiger partial charge in [-0.1, -0.05) is 5.16 Å². The molecule has 1 atom stereocenters. The van der Waals surface area contributed by atoms with Gasteiger partial charge in [0.2, 0.25) is 11.8 Å². The van der Waals surface area contributed by atoms with Crippen molar-refractivity contribution in [3.8, 4) is 0 Å². The van der Waals surface area contributed by atoms with Gasteiger partial charge < -0.3 is 14.9 Å². The van der Waals surface area contributed by atoms with E-state index in [2.05, 4.69) is 15.5 Å². The second-order valence-electron chi connectivity index (χ2n) is 4.80. The molecule has 0 aliphatic heterocycles.